The molecule has 0 aromatic heterocycles. The Kier molecular flexibility index (Phi) is 6.11. The van der Waals surface area contributed by atoms with Crippen molar-refractivity contribution in [3.8, 4) is 0 Å². The van der Waals surface area contributed by atoms with Crippen LogP contribution in [0.2, 0.25) is 0 Å². The van der Waals surface area contributed by atoms with Crippen LogP contribution in [-0.4, -0.2) is 40.5 Å². The van der Waals surface area contributed by atoms with Crippen LogP contribution in [-0.2, 0) is 14.6 Å². The zero-order valence-electron chi connectivity index (χ0n) is 10.6. The molecule has 0 spiro atoms. The van der Waals surface area contributed by atoms with Gasteiger partial charge in [-0.3, -0.25) is 0 Å². The lowest BCUT2D eigenvalue weighted by Gasteiger charge is -2.08. The summed E-state index contributed by atoms with van der Waals surface area (Å²) in [5.74, 6) is 0.118. The summed E-state index contributed by atoms with van der Waals surface area (Å²) < 4.78 is 28.4. The lowest BCUT2D eigenvalue weighted by Crippen LogP contribution is -2.14. The van der Waals surface area contributed by atoms with Crippen LogP contribution in [0.1, 0.15) is 6.92 Å². The number of sulfone groups is 1. The third-order valence-corrected chi connectivity index (χ3v) is 4.18. The quantitative estimate of drug-likeness (QED) is 0.686. The Bertz CT molecular complexity index is 443. The van der Waals surface area contributed by atoms with Gasteiger partial charge in [-0.15, -0.1) is 0 Å². The van der Waals surface area contributed by atoms with Crippen molar-refractivity contribution in [2.45, 2.75) is 11.8 Å². The van der Waals surface area contributed by atoms with Crippen LogP contribution < -0.4 is 11.1 Å². The molecule has 0 amide bonds. The fraction of sp³-hybridized carbons (Fsp3) is 0.500. The van der Waals surface area contributed by atoms with E-state index in [-0.39, 0.29) is 5.75 Å². The van der Waals surface area contributed by atoms with E-state index in [4.69, 9.17) is 10.5 Å². The van der Waals surface area contributed by atoms with Gasteiger partial charge in [0.25, 0.3) is 0 Å². The van der Waals surface area contributed by atoms with Crippen LogP contribution in [0.3, 0.4) is 0 Å². The molecule has 102 valence electrons. The summed E-state index contributed by atoms with van der Waals surface area (Å²) in [4.78, 5) is 0.356. The Balaban J connectivity index is 2.46. The van der Waals surface area contributed by atoms with Gasteiger partial charge in [0, 0.05) is 18.8 Å². The number of hydrogen-bond acceptors (Lipinski definition) is 5. The van der Waals surface area contributed by atoms with Crippen molar-refractivity contribution >= 4 is 15.5 Å². The highest BCUT2D eigenvalue weighted by molar-refractivity contribution is 7.91. The maximum Gasteiger partial charge on any atom is 0.178 e. The van der Waals surface area contributed by atoms with Crippen LogP contribution in [0.5, 0.6) is 0 Å². The van der Waals surface area contributed by atoms with E-state index in [1.54, 1.807) is 31.2 Å². The number of anilines is 1. The minimum atomic E-state index is -3.11. The molecule has 0 aliphatic carbocycles. The SMILES string of the molecule is CCS(=O)(=O)c1ccc(NCCOCCN)cc1. The average Bonchev–Trinajstić information content (AvgIpc) is 2.39. The first-order valence-electron chi connectivity index (χ1n) is 5.94. The molecule has 18 heavy (non-hydrogen) atoms. The fourth-order valence-corrected chi connectivity index (χ4v) is 2.28. The van der Waals surface area contributed by atoms with Gasteiger partial charge in [0.05, 0.1) is 23.9 Å². The van der Waals surface area contributed by atoms with E-state index < -0.39 is 9.84 Å². The first-order chi connectivity index (χ1) is 8.60. The predicted molar refractivity (Wildman–Crippen MR) is 72.5 cm³/mol. The van der Waals surface area contributed by atoms with E-state index in [1.807, 2.05) is 0 Å². The predicted octanol–water partition coefficient (Wildman–Crippen LogP) is 0.867. The van der Waals surface area contributed by atoms with Gasteiger partial charge >= 0.3 is 0 Å². The van der Waals surface area contributed by atoms with Crippen molar-refractivity contribution in [2.24, 2.45) is 5.73 Å². The smallest absolute Gasteiger partial charge is 0.178 e. The van der Waals surface area contributed by atoms with Crippen LogP contribution in [0.25, 0.3) is 0 Å². The van der Waals surface area contributed by atoms with Crippen molar-refractivity contribution in [3.63, 3.8) is 0 Å². The molecule has 0 aliphatic rings. The van der Waals surface area contributed by atoms with E-state index >= 15 is 0 Å². The average molecular weight is 272 g/mol. The summed E-state index contributed by atoms with van der Waals surface area (Å²) in [6, 6.07) is 6.74. The molecule has 0 saturated heterocycles. The van der Waals surface area contributed by atoms with Gasteiger partial charge in [-0.05, 0) is 24.3 Å². The van der Waals surface area contributed by atoms with E-state index in [1.165, 1.54) is 0 Å². The molecule has 1 aromatic carbocycles. The van der Waals surface area contributed by atoms with E-state index in [0.717, 1.165) is 5.69 Å². The maximum atomic E-state index is 11.6. The van der Waals surface area contributed by atoms with Crippen LogP contribution in [0.15, 0.2) is 29.2 Å². The molecule has 6 heteroatoms. The number of rotatable bonds is 8. The van der Waals surface area contributed by atoms with Crippen LogP contribution in [0, 0.1) is 0 Å². The Morgan fingerprint density at radius 2 is 1.89 bits per heavy atom. The third-order valence-electron chi connectivity index (χ3n) is 2.43. The summed E-state index contributed by atoms with van der Waals surface area (Å²) >= 11 is 0. The molecule has 5 nitrogen and oxygen atoms in total. The molecular weight excluding hydrogens is 252 g/mol. The second kappa shape index (κ2) is 7.35. The van der Waals surface area contributed by atoms with Gasteiger partial charge in [-0.1, -0.05) is 6.92 Å². The third kappa shape index (κ3) is 4.64. The highest BCUT2D eigenvalue weighted by Crippen LogP contribution is 2.14. The van der Waals surface area contributed by atoms with Crippen molar-refractivity contribution in [1.82, 2.24) is 0 Å². The summed E-state index contributed by atoms with van der Waals surface area (Å²) in [6.07, 6.45) is 0. The van der Waals surface area contributed by atoms with Gasteiger partial charge in [-0.25, -0.2) is 8.42 Å². The Hall–Kier alpha value is -1.11. The molecule has 0 aliphatic heterocycles. The Labute approximate surface area is 108 Å². The van der Waals surface area contributed by atoms with Crippen molar-refractivity contribution in [1.29, 1.82) is 0 Å². The minimum absolute atomic E-state index is 0.118. The summed E-state index contributed by atoms with van der Waals surface area (Å²) in [6.45, 7) is 3.95. The van der Waals surface area contributed by atoms with E-state index in [9.17, 15) is 8.42 Å². The van der Waals surface area contributed by atoms with Gasteiger partial charge < -0.3 is 15.8 Å². The second-order valence-electron chi connectivity index (χ2n) is 3.76. The molecule has 0 saturated carbocycles. The van der Waals surface area contributed by atoms with Gasteiger partial charge in [0.2, 0.25) is 0 Å². The number of ether oxygens (including phenoxy) is 1. The molecule has 3 N–H and O–H groups in total. The normalized spacial score (nSPS) is 11.4. The number of hydrogen-bond donors (Lipinski definition) is 2. The molecule has 0 atom stereocenters. The molecular formula is C12H20N2O3S. The lowest BCUT2D eigenvalue weighted by molar-refractivity contribution is 0.151. The summed E-state index contributed by atoms with van der Waals surface area (Å²) in [5.41, 5.74) is 6.17. The summed E-state index contributed by atoms with van der Waals surface area (Å²) in [5, 5.41) is 3.14. The topological polar surface area (TPSA) is 81.4 Å². The van der Waals surface area contributed by atoms with Crippen molar-refractivity contribution < 1.29 is 13.2 Å². The highest BCUT2D eigenvalue weighted by Gasteiger charge is 2.10. The molecule has 0 unspecified atom stereocenters. The second-order valence-corrected chi connectivity index (χ2v) is 6.03. The van der Waals surface area contributed by atoms with Gasteiger partial charge in [-0.2, -0.15) is 0 Å². The maximum absolute atomic E-state index is 11.6. The van der Waals surface area contributed by atoms with E-state index in [0.29, 0.717) is 31.2 Å². The monoisotopic (exact) mass is 272 g/mol. The first kappa shape index (κ1) is 14.9. The first-order valence-corrected chi connectivity index (χ1v) is 7.60. The molecule has 0 bridgehead atoms. The van der Waals surface area contributed by atoms with Crippen molar-refractivity contribution in [3.05, 3.63) is 24.3 Å². The Morgan fingerprint density at radius 3 is 2.44 bits per heavy atom. The summed E-state index contributed by atoms with van der Waals surface area (Å²) in [7, 11) is -3.11. The fourth-order valence-electron chi connectivity index (χ4n) is 1.40. The molecule has 1 aromatic rings. The zero-order chi connectivity index (χ0) is 13.4. The van der Waals surface area contributed by atoms with Crippen LogP contribution >= 0.6 is 0 Å². The number of nitrogens with one attached hydrogen (secondary N) is 1. The molecule has 0 fully saturated rings. The van der Waals surface area contributed by atoms with Crippen LogP contribution in [0.4, 0.5) is 5.69 Å². The largest absolute Gasteiger partial charge is 0.383 e. The molecule has 1 rings (SSSR count). The Morgan fingerprint density at radius 1 is 1.22 bits per heavy atom. The number of nitrogens with two attached hydrogens (primary N) is 1. The highest BCUT2D eigenvalue weighted by atomic mass is 32.2. The lowest BCUT2D eigenvalue weighted by atomic mass is 10.3. The van der Waals surface area contributed by atoms with E-state index in [2.05, 4.69) is 5.32 Å². The molecule has 0 radical (unpaired) electrons. The van der Waals surface area contributed by atoms with Gasteiger partial charge in [0.1, 0.15) is 0 Å². The number of benzene rings is 1. The van der Waals surface area contributed by atoms with Crippen molar-refractivity contribution in [2.75, 3.05) is 37.4 Å². The van der Waals surface area contributed by atoms with Gasteiger partial charge in [0.15, 0.2) is 9.84 Å². The minimum Gasteiger partial charge on any atom is -0.383 e. The molecule has 0 heterocycles. The zero-order valence-corrected chi connectivity index (χ0v) is 11.4. The standard InChI is InChI=1S/C12H20N2O3S/c1-2-18(15,16)12-5-3-11(4-6-12)14-8-10-17-9-7-13/h3-6,14H,2,7-10,13H2,1H3.